The zero-order valence-electron chi connectivity index (χ0n) is 15.2. The zero-order valence-corrected chi connectivity index (χ0v) is 17.5. The van der Waals surface area contributed by atoms with Crippen LogP contribution in [-0.2, 0) is 22.9 Å². The number of fused-ring (bicyclic) bond motifs is 1. The molecule has 0 spiro atoms. The third-order valence-electron chi connectivity index (χ3n) is 5.41. The lowest BCUT2D eigenvalue weighted by molar-refractivity contribution is 0.0698. The van der Waals surface area contributed by atoms with Gasteiger partial charge < -0.3 is 4.90 Å². The van der Waals surface area contributed by atoms with Crippen molar-refractivity contribution >= 4 is 39.1 Å². The Kier molecular flexibility index (Phi) is 5.40. The van der Waals surface area contributed by atoms with E-state index in [0.29, 0.717) is 18.7 Å². The molecule has 0 atom stereocenters. The van der Waals surface area contributed by atoms with Gasteiger partial charge in [0.1, 0.15) is 4.90 Å². The maximum Gasteiger partial charge on any atom is 0.253 e. The van der Waals surface area contributed by atoms with Crippen LogP contribution >= 0.6 is 23.2 Å². The molecule has 2 aliphatic rings. The third-order valence-corrected chi connectivity index (χ3v) is 8.28. The fourth-order valence-electron chi connectivity index (χ4n) is 3.84. The predicted molar refractivity (Wildman–Crippen MR) is 110 cm³/mol. The Morgan fingerprint density at radius 3 is 2.39 bits per heavy atom. The van der Waals surface area contributed by atoms with Crippen LogP contribution in [0.3, 0.4) is 0 Å². The largest absolute Gasteiger partial charge is 0.336 e. The summed E-state index contributed by atoms with van der Waals surface area (Å²) in [5, 5.41) is 0.231. The van der Waals surface area contributed by atoms with Crippen molar-refractivity contribution in [2.24, 2.45) is 0 Å². The van der Waals surface area contributed by atoms with Gasteiger partial charge in [-0.1, -0.05) is 35.3 Å². The average molecular weight is 439 g/mol. The lowest BCUT2D eigenvalue weighted by Gasteiger charge is -2.34. The molecule has 0 N–H and O–H groups in total. The molecule has 5 nitrogen and oxygen atoms in total. The molecule has 0 saturated carbocycles. The van der Waals surface area contributed by atoms with Gasteiger partial charge in [-0.25, -0.2) is 8.42 Å². The summed E-state index contributed by atoms with van der Waals surface area (Å²) in [5.74, 6) is -0.0486. The number of hydrogen-bond acceptors (Lipinski definition) is 3. The maximum atomic E-state index is 12.9. The van der Waals surface area contributed by atoms with Gasteiger partial charge in [0.05, 0.1) is 10.0 Å². The second kappa shape index (κ2) is 7.67. The van der Waals surface area contributed by atoms with E-state index in [-0.39, 0.29) is 33.9 Å². The molecule has 2 aromatic rings. The molecule has 0 unspecified atom stereocenters. The van der Waals surface area contributed by atoms with Crippen LogP contribution in [0.2, 0.25) is 10.0 Å². The molecule has 2 aromatic carbocycles. The number of aryl methyl sites for hydroxylation is 2. The van der Waals surface area contributed by atoms with E-state index in [1.165, 1.54) is 21.5 Å². The Balaban J connectivity index is 1.47. The molecule has 1 saturated heterocycles. The van der Waals surface area contributed by atoms with Gasteiger partial charge in [0.25, 0.3) is 5.91 Å². The van der Waals surface area contributed by atoms with E-state index >= 15 is 0 Å². The second-order valence-electron chi connectivity index (χ2n) is 7.09. The van der Waals surface area contributed by atoms with Crippen molar-refractivity contribution in [1.82, 2.24) is 9.21 Å². The van der Waals surface area contributed by atoms with Gasteiger partial charge in [-0.15, -0.1) is 0 Å². The van der Waals surface area contributed by atoms with Crippen LogP contribution in [0.5, 0.6) is 0 Å². The highest BCUT2D eigenvalue weighted by atomic mass is 35.5. The van der Waals surface area contributed by atoms with E-state index in [1.54, 1.807) is 17.0 Å². The van der Waals surface area contributed by atoms with Crippen molar-refractivity contribution in [3.8, 4) is 0 Å². The van der Waals surface area contributed by atoms with Gasteiger partial charge in [-0.2, -0.15) is 4.31 Å². The highest BCUT2D eigenvalue weighted by Crippen LogP contribution is 2.31. The lowest BCUT2D eigenvalue weighted by Crippen LogP contribution is -2.50. The van der Waals surface area contributed by atoms with Gasteiger partial charge in [0.2, 0.25) is 10.0 Å². The summed E-state index contributed by atoms with van der Waals surface area (Å²) in [6.45, 7) is 1.13. The molecule has 0 bridgehead atoms. The molecular weight excluding hydrogens is 419 g/mol. The van der Waals surface area contributed by atoms with E-state index in [2.05, 4.69) is 0 Å². The van der Waals surface area contributed by atoms with Crippen molar-refractivity contribution in [2.75, 3.05) is 26.2 Å². The van der Waals surface area contributed by atoms with Crippen molar-refractivity contribution in [3.05, 3.63) is 63.1 Å². The molecule has 1 heterocycles. The molecule has 1 aliphatic carbocycles. The molecule has 1 fully saturated rings. The van der Waals surface area contributed by atoms with Gasteiger partial charge in [0.15, 0.2) is 0 Å². The van der Waals surface area contributed by atoms with E-state index < -0.39 is 10.0 Å². The summed E-state index contributed by atoms with van der Waals surface area (Å²) in [5.41, 5.74) is 3.25. The van der Waals surface area contributed by atoms with Gasteiger partial charge >= 0.3 is 0 Å². The van der Waals surface area contributed by atoms with E-state index in [4.69, 9.17) is 23.2 Å². The number of benzene rings is 2. The van der Waals surface area contributed by atoms with Crippen molar-refractivity contribution in [1.29, 1.82) is 0 Å². The first-order chi connectivity index (χ1) is 13.4. The minimum atomic E-state index is -3.76. The van der Waals surface area contributed by atoms with Gasteiger partial charge in [0, 0.05) is 31.7 Å². The number of piperazine rings is 1. The Bertz CT molecular complexity index is 1030. The third kappa shape index (κ3) is 3.54. The van der Waals surface area contributed by atoms with Crippen LogP contribution in [0.25, 0.3) is 0 Å². The molecule has 28 heavy (non-hydrogen) atoms. The Morgan fingerprint density at radius 2 is 1.64 bits per heavy atom. The number of nitrogens with zero attached hydrogens (tertiary/aromatic N) is 2. The van der Waals surface area contributed by atoms with Crippen molar-refractivity contribution in [2.45, 2.75) is 24.2 Å². The number of carbonyl (C=O) groups is 1. The first kappa shape index (κ1) is 19.7. The first-order valence-corrected chi connectivity index (χ1v) is 11.4. The fourth-order valence-corrected chi connectivity index (χ4v) is 6.00. The highest BCUT2D eigenvalue weighted by molar-refractivity contribution is 7.89. The lowest BCUT2D eigenvalue weighted by atomic mass is 10.1. The van der Waals surface area contributed by atoms with Crippen molar-refractivity contribution in [3.63, 3.8) is 0 Å². The quantitative estimate of drug-likeness (QED) is 0.734. The summed E-state index contributed by atoms with van der Waals surface area (Å²) < 4.78 is 27.2. The molecule has 1 amide bonds. The van der Waals surface area contributed by atoms with Crippen LogP contribution < -0.4 is 0 Å². The molecule has 148 valence electrons. The Hall–Kier alpha value is -1.60. The van der Waals surface area contributed by atoms with Crippen LogP contribution in [0, 0.1) is 0 Å². The number of sulfonamides is 1. The van der Waals surface area contributed by atoms with Crippen LogP contribution in [0.1, 0.15) is 27.9 Å². The standard InChI is InChI=1S/C20H20Cl2N2O3S/c21-17-5-2-6-18(19(17)22)28(26,27)24-11-9-23(10-12-24)20(25)16-8-7-14-3-1-4-15(14)13-16/h2,5-8,13H,1,3-4,9-12H2. The minimum Gasteiger partial charge on any atom is -0.336 e. The predicted octanol–water partition coefficient (Wildman–Crippen LogP) is 3.63. The number of amides is 1. The summed E-state index contributed by atoms with van der Waals surface area (Å²) >= 11 is 12.1. The molecule has 1 aliphatic heterocycles. The molecule has 0 radical (unpaired) electrons. The van der Waals surface area contributed by atoms with E-state index in [1.807, 2.05) is 18.2 Å². The number of carbonyl (C=O) groups excluding carboxylic acids is 1. The topological polar surface area (TPSA) is 57.7 Å². The van der Waals surface area contributed by atoms with E-state index in [0.717, 1.165) is 19.3 Å². The SMILES string of the molecule is O=C(c1ccc2c(c1)CCC2)N1CCN(S(=O)(=O)c2cccc(Cl)c2Cl)CC1. The van der Waals surface area contributed by atoms with Crippen molar-refractivity contribution < 1.29 is 13.2 Å². The number of hydrogen-bond donors (Lipinski definition) is 0. The second-order valence-corrected chi connectivity index (χ2v) is 9.78. The van der Waals surface area contributed by atoms with Gasteiger partial charge in [-0.3, -0.25) is 4.79 Å². The minimum absolute atomic E-state index is 0.0000605. The average Bonchev–Trinajstić information content (AvgIpc) is 3.17. The van der Waals surface area contributed by atoms with Crippen LogP contribution in [0.4, 0.5) is 0 Å². The Morgan fingerprint density at radius 1 is 0.929 bits per heavy atom. The van der Waals surface area contributed by atoms with E-state index in [9.17, 15) is 13.2 Å². The summed E-state index contributed by atoms with van der Waals surface area (Å²) in [6, 6.07) is 10.5. The summed E-state index contributed by atoms with van der Waals surface area (Å²) in [7, 11) is -3.76. The number of halogens is 2. The fraction of sp³-hybridized carbons (Fsp3) is 0.350. The molecular formula is C20H20Cl2N2O3S. The molecule has 8 heteroatoms. The maximum absolute atomic E-state index is 12.9. The smallest absolute Gasteiger partial charge is 0.253 e. The normalized spacial score (nSPS) is 17.6. The summed E-state index contributed by atoms with van der Waals surface area (Å²) in [6.07, 6.45) is 3.23. The van der Waals surface area contributed by atoms with Gasteiger partial charge in [-0.05, 0) is 54.7 Å². The Labute approximate surface area is 174 Å². The monoisotopic (exact) mass is 438 g/mol. The number of rotatable bonds is 3. The zero-order chi connectivity index (χ0) is 19.9. The molecule has 4 rings (SSSR count). The van der Waals surface area contributed by atoms with Crippen LogP contribution in [-0.4, -0.2) is 49.7 Å². The van der Waals surface area contributed by atoms with Crippen LogP contribution in [0.15, 0.2) is 41.3 Å². The molecule has 0 aromatic heterocycles. The summed E-state index contributed by atoms with van der Waals surface area (Å²) in [4.78, 5) is 14.6. The first-order valence-electron chi connectivity index (χ1n) is 9.23. The highest BCUT2D eigenvalue weighted by Gasteiger charge is 2.32.